The van der Waals surface area contributed by atoms with E-state index < -0.39 is 0 Å². The molecule has 0 atom stereocenters. The number of pyridine rings is 1. The van der Waals surface area contributed by atoms with E-state index in [-0.39, 0.29) is 5.56 Å². The summed E-state index contributed by atoms with van der Waals surface area (Å²) in [7, 11) is 3.29. The summed E-state index contributed by atoms with van der Waals surface area (Å²) in [6, 6.07) is 8.04. The lowest BCUT2D eigenvalue weighted by Gasteiger charge is -2.36. The largest absolute Gasteiger partial charge is 0.497 e. The average molecular weight is 404 g/mol. The van der Waals surface area contributed by atoms with Gasteiger partial charge in [0.1, 0.15) is 5.75 Å². The monoisotopic (exact) mass is 403 g/mol. The van der Waals surface area contributed by atoms with E-state index in [0.29, 0.717) is 30.9 Å². The lowest BCUT2D eigenvalue weighted by Crippen LogP contribution is -2.47. The molecule has 6 nitrogen and oxygen atoms in total. The number of rotatable bonds is 7. The van der Waals surface area contributed by atoms with E-state index in [4.69, 9.17) is 21.7 Å². The van der Waals surface area contributed by atoms with E-state index in [9.17, 15) is 4.79 Å². The predicted octanol–water partition coefficient (Wildman–Crippen LogP) is 3.19. The number of aromatic amines is 1. The summed E-state index contributed by atoms with van der Waals surface area (Å²) in [4.78, 5) is 17.9. The standard InChI is InChI=1S/C21H29N3O3S/c1-26-11-10-22-21(28)24(17-6-4-3-5-7-17)14-16-12-15-8-9-18(27-2)13-19(15)23-20(16)25/h8-9,12-13,17H,3-7,10-11,14H2,1-2H3,(H,22,28)(H,23,25). The Morgan fingerprint density at radius 3 is 2.75 bits per heavy atom. The first kappa shape index (κ1) is 20.6. The van der Waals surface area contributed by atoms with Gasteiger partial charge in [-0.3, -0.25) is 4.79 Å². The molecule has 28 heavy (non-hydrogen) atoms. The van der Waals surface area contributed by atoms with Crippen molar-refractivity contribution in [3.05, 3.63) is 40.2 Å². The maximum atomic E-state index is 12.7. The summed E-state index contributed by atoms with van der Waals surface area (Å²) in [6.45, 7) is 1.75. The number of ether oxygens (including phenoxy) is 2. The average Bonchev–Trinajstić information content (AvgIpc) is 2.72. The molecule has 1 aliphatic rings. The smallest absolute Gasteiger partial charge is 0.253 e. The number of nitrogens with zero attached hydrogens (tertiary/aromatic N) is 1. The SMILES string of the molecule is COCCNC(=S)N(Cc1cc2ccc(OC)cc2[nH]c1=O)C1CCCCC1. The Labute approximate surface area is 171 Å². The number of benzene rings is 1. The molecule has 1 heterocycles. The fourth-order valence-electron chi connectivity index (χ4n) is 3.77. The number of H-pyrrole nitrogens is 1. The lowest BCUT2D eigenvalue weighted by atomic mass is 9.94. The first-order chi connectivity index (χ1) is 13.6. The highest BCUT2D eigenvalue weighted by molar-refractivity contribution is 7.80. The summed E-state index contributed by atoms with van der Waals surface area (Å²) < 4.78 is 10.4. The number of nitrogens with one attached hydrogen (secondary N) is 2. The van der Waals surface area contributed by atoms with Gasteiger partial charge in [-0.1, -0.05) is 19.3 Å². The molecule has 0 amide bonds. The fourth-order valence-corrected chi connectivity index (χ4v) is 4.09. The van der Waals surface area contributed by atoms with Crippen molar-refractivity contribution >= 4 is 28.2 Å². The van der Waals surface area contributed by atoms with Crippen LogP contribution in [0.1, 0.15) is 37.7 Å². The quantitative estimate of drug-likeness (QED) is 0.547. The number of thiocarbonyl (C=S) groups is 1. The number of aromatic nitrogens is 1. The summed E-state index contributed by atoms with van der Waals surface area (Å²) in [5.74, 6) is 0.725. The van der Waals surface area contributed by atoms with Crippen LogP contribution in [0.2, 0.25) is 0 Å². The minimum Gasteiger partial charge on any atom is -0.497 e. The minimum atomic E-state index is -0.0822. The van der Waals surface area contributed by atoms with Crippen molar-refractivity contribution in [2.45, 2.75) is 44.7 Å². The minimum absolute atomic E-state index is 0.0822. The van der Waals surface area contributed by atoms with Gasteiger partial charge in [0.15, 0.2) is 5.11 Å². The summed E-state index contributed by atoms with van der Waals surface area (Å²) in [6.07, 6.45) is 5.89. The number of fused-ring (bicyclic) bond motifs is 1. The molecule has 3 rings (SSSR count). The van der Waals surface area contributed by atoms with E-state index in [1.165, 1.54) is 19.3 Å². The highest BCUT2D eigenvalue weighted by Crippen LogP contribution is 2.25. The van der Waals surface area contributed by atoms with E-state index in [2.05, 4.69) is 15.2 Å². The molecule has 1 aliphatic carbocycles. The third-order valence-corrected chi connectivity index (χ3v) is 5.71. The molecule has 0 bridgehead atoms. The molecule has 2 N–H and O–H groups in total. The molecular formula is C21H29N3O3S. The Bertz CT molecular complexity index is 862. The molecule has 152 valence electrons. The maximum absolute atomic E-state index is 12.7. The summed E-state index contributed by atoms with van der Waals surface area (Å²) in [5, 5.41) is 4.95. The van der Waals surface area contributed by atoms with E-state index in [1.54, 1.807) is 14.2 Å². The molecule has 1 fully saturated rings. The highest BCUT2D eigenvalue weighted by atomic mass is 32.1. The molecule has 7 heteroatoms. The van der Waals surface area contributed by atoms with Crippen LogP contribution in [0.15, 0.2) is 29.1 Å². The Morgan fingerprint density at radius 2 is 2.04 bits per heavy atom. The Kier molecular flexibility index (Phi) is 7.28. The van der Waals surface area contributed by atoms with Crippen molar-refractivity contribution in [2.75, 3.05) is 27.4 Å². The zero-order valence-corrected chi connectivity index (χ0v) is 17.4. The molecular weight excluding hydrogens is 374 g/mol. The van der Waals surface area contributed by atoms with Crippen LogP contribution in [0.25, 0.3) is 10.9 Å². The lowest BCUT2D eigenvalue weighted by molar-refractivity contribution is 0.199. The van der Waals surface area contributed by atoms with Crippen LogP contribution in [-0.4, -0.2) is 48.4 Å². The normalized spacial score (nSPS) is 14.8. The zero-order valence-electron chi connectivity index (χ0n) is 16.6. The fraction of sp³-hybridized carbons (Fsp3) is 0.524. The van der Waals surface area contributed by atoms with Gasteiger partial charge in [0.05, 0.1) is 25.8 Å². The Morgan fingerprint density at radius 1 is 1.25 bits per heavy atom. The van der Waals surface area contributed by atoms with Gasteiger partial charge in [0.2, 0.25) is 0 Å². The summed E-state index contributed by atoms with van der Waals surface area (Å²) in [5.41, 5.74) is 1.42. The maximum Gasteiger partial charge on any atom is 0.253 e. The van der Waals surface area contributed by atoms with Gasteiger partial charge >= 0.3 is 0 Å². The van der Waals surface area contributed by atoms with Gasteiger partial charge in [0.25, 0.3) is 5.56 Å². The van der Waals surface area contributed by atoms with E-state index in [1.807, 2.05) is 24.3 Å². The third kappa shape index (κ3) is 5.02. The Hall–Kier alpha value is -2.12. The van der Waals surface area contributed by atoms with Gasteiger partial charge < -0.3 is 24.7 Å². The first-order valence-corrected chi connectivity index (χ1v) is 10.3. The van der Waals surface area contributed by atoms with Crippen molar-refractivity contribution in [1.82, 2.24) is 15.2 Å². The van der Waals surface area contributed by atoms with Crippen molar-refractivity contribution in [3.63, 3.8) is 0 Å². The van der Waals surface area contributed by atoms with Crippen molar-refractivity contribution in [1.29, 1.82) is 0 Å². The molecule has 0 aliphatic heterocycles. The van der Waals surface area contributed by atoms with Gasteiger partial charge in [-0.05, 0) is 48.6 Å². The molecule has 0 unspecified atom stereocenters. The molecule has 0 spiro atoms. The van der Waals surface area contributed by atoms with Crippen LogP contribution in [-0.2, 0) is 11.3 Å². The molecule has 1 saturated carbocycles. The van der Waals surface area contributed by atoms with E-state index in [0.717, 1.165) is 35.1 Å². The third-order valence-electron chi connectivity index (χ3n) is 5.33. The van der Waals surface area contributed by atoms with E-state index >= 15 is 0 Å². The Balaban J connectivity index is 1.85. The van der Waals surface area contributed by atoms with Crippen LogP contribution in [0.5, 0.6) is 5.75 Å². The molecule has 0 saturated heterocycles. The summed E-state index contributed by atoms with van der Waals surface area (Å²) >= 11 is 5.67. The van der Waals surface area contributed by atoms with Gasteiger partial charge in [0, 0.05) is 31.3 Å². The predicted molar refractivity (Wildman–Crippen MR) is 116 cm³/mol. The van der Waals surface area contributed by atoms with Crippen molar-refractivity contribution in [2.24, 2.45) is 0 Å². The van der Waals surface area contributed by atoms with Crippen molar-refractivity contribution < 1.29 is 9.47 Å². The van der Waals surface area contributed by atoms with Crippen LogP contribution < -0.4 is 15.6 Å². The second-order valence-corrected chi connectivity index (χ2v) is 7.61. The van der Waals surface area contributed by atoms with Crippen LogP contribution in [0, 0.1) is 0 Å². The van der Waals surface area contributed by atoms with Gasteiger partial charge in [-0.2, -0.15) is 0 Å². The topological polar surface area (TPSA) is 66.6 Å². The van der Waals surface area contributed by atoms with Gasteiger partial charge in [-0.25, -0.2) is 0 Å². The molecule has 1 aromatic carbocycles. The van der Waals surface area contributed by atoms with Crippen LogP contribution in [0.3, 0.4) is 0 Å². The highest BCUT2D eigenvalue weighted by Gasteiger charge is 2.24. The number of hydrogen-bond acceptors (Lipinski definition) is 4. The van der Waals surface area contributed by atoms with Crippen LogP contribution in [0.4, 0.5) is 0 Å². The van der Waals surface area contributed by atoms with Crippen molar-refractivity contribution in [3.8, 4) is 5.75 Å². The molecule has 1 aromatic heterocycles. The zero-order chi connectivity index (χ0) is 19.9. The second kappa shape index (κ2) is 9.89. The van der Waals surface area contributed by atoms with Crippen LogP contribution >= 0.6 is 12.2 Å². The molecule has 0 radical (unpaired) electrons. The number of hydrogen-bond donors (Lipinski definition) is 2. The van der Waals surface area contributed by atoms with Gasteiger partial charge in [-0.15, -0.1) is 0 Å². The first-order valence-electron chi connectivity index (χ1n) is 9.85. The second-order valence-electron chi connectivity index (χ2n) is 7.22. The molecule has 2 aromatic rings. The number of methoxy groups -OCH3 is 2.